The van der Waals surface area contributed by atoms with Crippen LogP contribution >= 0.6 is 23.2 Å². The Morgan fingerprint density at radius 3 is 2.33 bits per heavy atom. The van der Waals surface area contributed by atoms with E-state index in [1.54, 1.807) is 18.2 Å². The molecule has 0 saturated carbocycles. The fourth-order valence-corrected chi connectivity index (χ4v) is 2.69. The first-order chi connectivity index (χ1) is 8.56. The van der Waals surface area contributed by atoms with Gasteiger partial charge in [-0.15, -0.1) is 0 Å². The van der Waals surface area contributed by atoms with Gasteiger partial charge >= 0.3 is 0 Å². The van der Waals surface area contributed by atoms with Crippen LogP contribution in [0.1, 0.15) is 19.8 Å². The van der Waals surface area contributed by atoms with Crippen molar-refractivity contribution < 1.29 is 4.79 Å². The van der Waals surface area contributed by atoms with Crippen LogP contribution in [0, 0.1) is 0 Å². The molecule has 0 aromatic heterocycles. The topological polar surface area (TPSA) is 32.3 Å². The molecule has 0 aliphatic carbocycles. The Balaban J connectivity index is 2.01. The van der Waals surface area contributed by atoms with Crippen molar-refractivity contribution in [2.24, 2.45) is 0 Å². The van der Waals surface area contributed by atoms with Gasteiger partial charge in [-0.1, -0.05) is 23.2 Å². The first kappa shape index (κ1) is 13.5. The molecule has 0 radical (unpaired) electrons. The van der Waals surface area contributed by atoms with Gasteiger partial charge < -0.3 is 10.2 Å². The molecule has 1 aliphatic heterocycles. The SMILES string of the molecule is CC(Nc1cc(Cl)cc(Cl)c1)C(=O)N1CCCC1. The van der Waals surface area contributed by atoms with Crippen molar-refractivity contribution in [3.05, 3.63) is 28.2 Å². The van der Waals surface area contributed by atoms with Gasteiger partial charge in [0.05, 0.1) is 0 Å². The normalized spacial score (nSPS) is 16.7. The van der Waals surface area contributed by atoms with E-state index in [0.29, 0.717) is 10.0 Å². The molecule has 0 spiro atoms. The summed E-state index contributed by atoms with van der Waals surface area (Å²) in [6, 6.07) is 4.93. The molecule has 1 aromatic carbocycles. The molecule has 1 aromatic rings. The van der Waals surface area contributed by atoms with Crippen molar-refractivity contribution in [3.63, 3.8) is 0 Å². The first-order valence-electron chi connectivity index (χ1n) is 6.07. The quantitative estimate of drug-likeness (QED) is 0.924. The third kappa shape index (κ3) is 3.30. The molecule has 1 unspecified atom stereocenters. The molecule has 1 aliphatic rings. The molecule has 18 heavy (non-hydrogen) atoms. The summed E-state index contributed by atoms with van der Waals surface area (Å²) < 4.78 is 0. The van der Waals surface area contributed by atoms with E-state index in [9.17, 15) is 4.79 Å². The average molecular weight is 287 g/mol. The number of likely N-dealkylation sites (tertiary alicyclic amines) is 1. The Kier molecular flexibility index (Phi) is 4.36. The van der Waals surface area contributed by atoms with E-state index in [2.05, 4.69) is 5.32 Å². The zero-order valence-electron chi connectivity index (χ0n) is 10.2. The predicted octanol–water partition coefficient (Wildman–Crippen LogP) is 3.42. The Morgan fingerprint density at radius 1 is 1.22 bits per heavy atom. The maximum atomic E-state index is 12.1. The first-order valence-corrected chi connectivity index (χ1v) is 6.83. The Bertz CT molecular complexity index is 424. The number of halogens is 2. The van der Waals surface area contributed by atoms with Crippen LogP contribution in [-0.4, -0.2) is 29.9 Å². The minimum Gasteiger partial charge on any atom is -0.374 e. The molecule has 1 heterocycles. The summed E-state index contributed by atoms with van der Waals surface area (Å²) in [5.41, 5.74) is 0.771. The number of hydrogen-bond donors (Lipinski definition) is 1. The van der Waals surface area contributed by atoms with E-state index in [1.807, 2.05) is 11.8 Å². The van der Waals surface area contributed by atoms with Crippen molar-refractivity contribution in [1.29, 1.82) is 0 Å². The van der Waals surface area contributed by atoms with Crippen LogP contribution in [0.5, 0.6) is 0 Å². The molecule has 5 heteroatoms. The molecule has 98 valence electrons. The largest absolute Gasteiger partial charge is 0.374 e. The molecule has 1 saturated heterocycles. The number of anilines is 1. The Hall–Kier alpha value is -0.930. The Labute approximate surface area is 117 Å². The standard InChI is InChI=1S/C13H16Cl2N2O/c1-9(13(18)17-4-2-3-5-17)16-12-7-10(14)6-11(15)8-12/h6-9,16H,2-5H2,1H3. The van der Waals surface area contributed by atoms with Gasteiger partial charge in [0.25, 0.3) is 0 Å². The van der Waals surface area contributed by atoms with Crippen LogP contribution in [0.25, 0.3) is 0 Å². The van der Waals surface area contributed by atoms with Crippen LogP contribution in [0.2, 0.25) is 10.0 Å². The fourth-order valence-electron chi connectivity index (χ4n) is 2.16. The van der Waals surface area contributed by atoms with Gasteiger partial charge in [-0.05, 0) is 38.0 Å². The number of nitrogens with one attached hydrogen (secondary N) is 1. The monoisotopic (exact) mass is 286 g/mol. The second kappa shape index (κ2) is 5.81. The van der Waals surface area contributed by atoms with E-state index >= 15 is 0 Å². The highest BCUT2D eigenvalue weighted by atomic mass is 35.5. The summed E-state index contributed by atoms with van der Waals surface area (Å²) in [5.74, 6) is 0.128. The molecule has 1 N–H and O–H groups in total. The molecule has 3 nitrogen and oxygen atoms in total. The summed E-state index contributed by atoms with van der Waals surface area (Å²) in [5, 5.41) is 4.26. The molecule has 1 atom stereocenters. The van der Waals surface area contributed by atoms with Gasteiger partial charge in [-0.2, -0.15) is 0 Å². The third-order valence-electron chi connectivity index (χ3n) is 3.03. The number of nitrogens with zero attached hydrogens (tertiary/aromatic N) is 1. The van der Waals surface area contributed by atoms with Gasteiger partial charge in [-0.25, -0.2) is 0 Å². The number of rotatable bonds is 3. The number of hydrogen-bond acceptors (Lipinski definition) is 2. The average Bonchev–Trinajstić information content (AvgIpc) is 2.79. The highest BCUT2D eigenvalue weighted by molar-refractivity contribution is 6.35. The molecule has 1 fully saturated rings. The number of benzene rings is 1. The van der Waals surface area contributed by atoms with Crippen LogP contribution < -0.4 is 5.32 Å². The second-order valence-electron chi connectivity index (χ2n) is 4.56. The Morgan fingerprint density at radius 2 is 1.78 bits per heavy atom. The summed E-state index contributed by atoms with van der Waals surface area (Å²) in [6.07, 6.45) is 2.20. The van der Waals surface area contributed by atoms with E-state index in [-0.39, 0.29) is 11.9 Å². The lowest BCUT2D eigenvalue weighted by molar-refractivity contribution is -0.130. The van der Waals surface area contributed by atoms with E-state index in [0.717, 1.165) is 31.6 Å². The van der Waals surface area contributed by atoms with E-state index < -0.39 is 0 Å². The summed E-state index contributed by atoms with van der Waals surface area (Å²) >= 11 is 11.8. The summed E-state index contributed by atoms with van der Waals surface area (Å²) in [7, 11) is 0. The maximum absolute atomic E-state index is 12.1. The van der Waals surface area contributed by atoms with Gasteiger partial charge in [0.15, 0.2) is 0 Å². The molecule has 1 amide bonds. The van der Waals surface area contributed by atoms with E-state index in [4.69, 9.17) is 23.2 Å². The van der Waals surface area contributed by atoms with Crippen LogP contribution in [-0.2, 0) is 4.79 Å². The number of carbonyl (C=O) groups is 1. The van der Waals surface area contributed by atoms with Crippen molar-refractivity contribution >= 4 is 34.8 Å². The van der Waals surface area contributed by atoms with Crippen molar-refractivity contribution in [2.75, 3.05) is 18.4 Å². The van der Waals surface area contributed by atoms with Crippen LogP contribution in [0.4, 0.5) is 5.69 Å². The third-order valence-corrected chi connectivity index (χ3v) is 3.47. The van der Waals surface area contributed by atoms with Gasteiger partial charge in [0, 0.05) is 28.8 Å². The zero-order valence-corrected chi connectivity index (χ0v) is 11.8. The van der Waals surface area contributed by atoms with E-state index in [1.165, 1.54) is 0 Å². The minimum absolute atomic E-state index is 0.128. The number of carbonyl (C=O) groups excluding carboxylic acids is 1. The van der Waals surface area contributed by atoms with Crippen LogP contribution in [0.15, 0.2) is 18.2 Å². The van der Waals surface area contributed by atoms with Crippen LogP contribution in [0.3, 0.4) is 0 Å². The summed E-state index contributed by atoms with van der Waals surface area (Å²) in [4.78, 5) is 14.0. The molecular weight excluding hydrogens is 271 g/mol. The van der Waals surface area contributed by atoms with Gasteiger partial charge in [0.1, 0.15) is 6.04 Å². The minimum atomic E-state index is -0.266. The van der Waals surface area contributed by atoms with Crippen molar-refractivity contribution in [3.8, 4) is 0 Å². The summed E-state index contributed by atoms with van der Waals surface area (Å²) in [6.45, 7) is 3.58. The molecule has 0 bridgehead atoms. The van der Waals surface area contributed by atoms with Gasteiger partial charge in [-0.3, -0.25) is 4.79 Å². The zero-order chi connectivity index (χ0) is 13.1. The smallest absolute Gasteiger partial charge is 0.244 e. The number of amides is 1. The van der Waals surface area contributed by atoms with Gasteiger partial charge in [0.2, 0.25) is 5.91 Å². The molecule has 2 rings (SSSR count). The lowest BCUT2D eigenvalue weighted by atomic mass is 10.2. The lowest BCUT2D eigenvalue weighted by Gasteiger charge is -2.22. The maximum Gasteiger partial charge on any atom is 0.244 e. The predicted molar refractivity (Wildman–Crippen MR) is 75.4 cm³/mol. The second-order valence-corrected chi connectivity index (χ2v) is 5.43. The highest BCUT2D eigenvalue weighted by Gasteiger charge is 2.23. The fraction of sp³-hybridized carbons (Fsp3) is 0.462. The lowest BCUT2D eigenvalue weighted by Crippen LogP contribution is -2.39. The van der Waals surface area contributed by atoms with Crippen molar-refractivity contribution in [2.45, 2.75) is 25.8 Å². The molecular formula is C13H16Cl2N2O. The highest BCUT2D eigenvalue weighted by Crippen LogP contribution is 2.23. The van der Waals surface area contributed by atoms with Crippen molar-refractivity contribution in [1.82, 2.24) is 4.90 Å².